The molecule has 0 saturated heterocycles. The summed E-state index contributed by atoms with van der Waals surface area (Å²) in [6.45, 7) is 5.85. The lowest BCUT2D eigenvalue weighted by molar-refractivity contribution is -0.141. The first-order chi connectivity index (χ1) is 17.7. The summed E-state index contributed by atoms with van der Waals surface area (Å²) < 4.78 is 69.4. The maximum absolute atomic E-state index is 14.0. The van der Waals surface area contributed by atoms with Gasteiger partial charge in [-0.1, -0.05) is 39.0 Å². The van der Waals surface area contributed by atoms with Crippen LogP contribution in [-0.4, -0.2) is 31.3 Å². The number of aromatic nitrogens is 1. The van der Waals surface area contributed by atoms with Crippen molar-refractivity contribution >= 4 is 33.1 Å². The summed E-state index contributed by atoms with van der Waals surface area (Å²) in [5.74, 6) is 0.437. The summed E-state index contributed by atoms with van der Waals surface area (Å²) in [6, 6.07) is 13.7. The van der Waals surface area contributed by atoms with E-state index in [4.69, 9.17) is 0 Å². The van der Waals surface area contributed by atoms with Crippen LogP contribution in [0.1, 0.15) is 43.2 Å². The lowest BCUT2D eigenvalue weighted by Crippen LogP contribution is -2.37. The molecule has 2 aliphatic rings. The molecule has 0 radical (unpaired) electrons. The first kappa shape index (κ1) is 25.8. The van der Waals surface area contributed by atoms with Gasteiger partial charge in [0.25, 0.3) is 10.0 Å². The van der Waals surface area contributed by atoms with Crippen LogP contribution >= 0.6 is 0 Å². The summed E-state index contributed by atoms with van der Waals surface area (Å²) >= 11 is 0. The zero-order valence-corrected chi connectivity index (χ0v) is 21.9. The minimum absolute atomic E-state index is 0.0591. The molecular formula is C25H26F3N7O2S. The molecule has 200 valence electrons. The molecule has 38 heavy (non-hydrogen) atoms. The SMILES string of the molecule is CN1NNN=C1c1ccc2c(c1)N(S(=O)(=O)c1ccc(C(C)(C)C)cc1)Cc1ccc(C(F)(F)F)nc1N2. The van der Waals surface area contributed by atoms with E-state index in [0.717, 1.165) is 11.6 Å². The van der Waals surface area contributed by atoms with E-state index in [1.165, 1.54) is 10.4 Å². The molecule has 0 atom stereocenters. The highest BCUT2D eigenvalue weighted by Crippen LogP contribution is 2.40. The van der Waals surface area contributed by atoms with Crippen molar-refractivity contribution in [2.45, 2.75) is 43.8 Å². The first-order valence-corrected chi connectivity index (χ1v) is 13.1. The third-order valence-electron chi connectivity index (χ3n) is 6.37. The predicted octanol–water partition coefficient (Wildman–Crippen LogP) is 4.47. The molecular weight excluding hydrogens is 519 g/mol. The Kier molecular flexibility index (Phi) is 6.03. The Balaban J connectivity index is 1.66. The van der Waals surface area contributed by atoms with Crippen molar-refractivity contribution in [1.29, 1.82) is 0 Å². The molecule has 0 aliphatic carbocycles. The molecule has 2 aromatic carbocycles. The molecule has 0 amide bonds. The van der Waals surface area contributed by atoms with Gasteiger partial charge in [0.05, 0.1) is 22.8 Å². The van der Waals surface area contributed by atoms with Crippen molar-refractivity contribution in [1.82, 2.24) is 21.1 Å². The number of hydrazone groups is 1. The highest BCUT2D eigenvalue weighted by molar-refractivity contribution is 7.92. The van der Waals surface area contributed by atoms with Gasteiger partial charge in [-0.3, -0.25) is 9.31 Å². The molecule has 5 rings (SSSR count). The highest BCUT2D eigenvalue weighted by Gasteiger charge is 2.36. The van der Waals surface area contributed by atoms with E-state index in [2.05, 4.69) is 26.5 Å². The molecule has 0 unspecified atom stereocenters. The first-order valence-electron chi connectivity index (χ1n) is 11.7. The molecule has 0 bridgehead atoms. The number of amidine groups is 1. The quantitative estimate of drug-likeness (QED) is 0.447. The second-order valence-corrected chi connectivity index (χ2v) is 11.9. The summed E-state index contributed by atoms with van der Waals surface area (Å²) in [5.41, 5.74) is 6.56. The second kappa shape index (κ2) is 8.88. The van der Waals surface area contributed by atoms with Crippen molar-refractivity contribution in [2.24, 2.45) is 5.10 Å². The van der Waals surface area contributed by atoms with Crippen LogP contribution in [0.25, 0.3) is 0 Å². The standard InChI is InChI=1S/C25H26F3N7O2S/c1-24(2,3)17-7-9-18(10-8-17)38(36,37)35-14-16-6-12-21(25(26,27)28)30-22(16)29-19-11-5-15(13-20(19)35)23-31-32-33-34(23)4/h5-13,32-33H,14H2,1-4H3,(H,29,30). The number of halogens is 3. The average molecular weight is 546 g/mol. The number of hydrogen-bond donors (Lipinski definition) is 3. The van der Waals surface area contributed by atoms with Gasteiger partial charge >= 0.3 is 6.18 Å². The van der Waals surface area contributed by atoms with Crippen molar-refractivity contribution in [3.63, 3.8) is 0 Å². The molecule has 1 aromatic heterocycles. The van der Waals surface area contributed by atoms with Crippen molar-refractivity contribution < 1.29 is 21.6 Å². The predicted molar refractivity (Wildman–Crippen MR) is 138 cm³/mol. The number of nitrogens with one attached hydrogen (secondary N) is 3. The molecule has 13 heteroatoms. The zero-order valence-electron chi connectivity index (χ0n) is 21.1. The number of hydrazine groups is 2. The van der Waals surface area contributed by atoms with Crippen LogP contribution in [0.5, 0.6) is 0 Å². The zero-order chi connectivity index (χ0) is 27.5. The number of benzene rings is 2. The molecule has 2 aliphatic heterocycles. The lowest BCUT2D eigenvalue weighted by Gasteiger charge is -2.26. The monoisotopic (exact) mass is 545 g/mol. The van der Waals surface area contributed by atoms with E-state index in [-0.39, 0.29) is 34.0 Å². The van der Waals surface area contributed by atoms with Crippen LogP contribution in [0.2, 0.25) is 0 Å². The lowest BCUT2D eigenvalue weighted by atomic mass is 9.87. The molecule has 0 fully saturated rings. The van der Waals surface area contributed by atoms with Gasteiger partial charge in [0.15, 0.2) is 5.84 Å². The molecule has 9 nitrogen and oxygen atoms in total. The maximum atomic E-state index is 14.0. The van der Waals surface area contributed by atoms with Gasteiger partial charge in [0, 0.05) is 18.2 Å². The number of hydrogen-bond acceptors (Lipinski definition) is 8. The Morgan fingerprint density at radius 1 is 0.974 bits per heavy atom. The van der Waals surface area contributed by atoms with Gasteiger partial charge in [-0.25, -0.2) is 18.9 Å². The third-order valence-corrected chi connectivity index (χ3v) is 8.14. The molecule has 3 heterocycles. The fourth-order valence-corrected chi connectivity index (χ4v) is 5.69. The number of fused-ring (bicyclic) bond motifs is 2. The smallest absolute Gasteiger partial charge is 0.338 e. The van der Waals surface area contributed by atoms with Gasteiger partial charge < -0.3 is 5.32 Å². The van der Waals surface area contributed by atoms with Gasteiger partial charge in [-0.2, -0.15) is 13.2 Å². The van der Waals surface area contributed by atoms with Gasteiger partial charge in [-0.05, 0) is 47.4 Å². The average Bonchev–Trinajstić information content (AvgIpc) is 3.20. The molecule has 0 spiro atoms. The van der Waals surface area contributed by atoms with E-state index in [1.54, 1.807) is 54.5 Å². The Morgan fingerprint density at radius 3 is 2.29 bits per heavy atom. The van der Waals surface area contributed by atoms with Crippen LogP contribution in [0, 0.1) is 0 Å². The van der Waals surface area contributed by atoms with Crippen LogP contribution in [0.3, 0.4) is 0 Å². The van der Waals surface area contributed by atoms with Crippen LogP contribution in [0.4, 0.5) is 30.4 Å². The Bertz CT molecular complexity index is 1530. The fourth-order valence-electron chi connectivity index (χ4n) is 4.24. The number of anilines is 3. The third kappa shape index (κ3) is 4.63. The number of sulfonamides is 1. The van der Waals surface area contributed by atoms with E-state index in [0.29, 0.717) is 17.0 Å². The van der Waals surface area contributed by atoms with Gasteiger partial charge in [0.2, 0.25) is 0 Å². The number of nitrogens with zero attached hydrogens (tertiary/aromatic N) is 4. The minimum atomic E-state index is -4.65. The normalized spacial score (nSPS) is 15.7. The second-order valence-electron chi connectivity index (χ2n) is 10.1. The van der Waals surface area contributed by atoms with E-state index >= 15 is 0 Å². The Morgan fingerprint density at radius 2 is 1.68 bits per heavy atom. The molecule has 3 aromatic rings. The molecule has 3 N–H and O–H groups in total. The minimum Gasteiger partial charge on any atom is -0.338 e. The number of rotatable bonds is 3. The van der Waals surface area contributed by atoms with Gasteiger partial charge in [-0.15, -0.1) is 10.6 Å². The summed E-state index contributed by atoms with van der Waals surface area (Å²) in [7, 11) is -2.41. The highest BCUT2D eigenvalue weighted by atomic mass is 32.2. The number of pyridine rings is 1. The summed E-state index contributed by atoms with van der Waals surface area (Å²) in [4.78, 5) is 3.83. The summed E-state index contributed by atoms with van der Waals surface area (Å²) in [5, 5.41) is 8.71. The summed E-state index contributed by atoms with van der Waals surface area (Å²) in [6.07, 6.45) is -4.65. The van der Waals surface area contributed by atoms with E-state index in [1.807, 2.05) is 20.8 Å². The largest absolute Gasteiger partial charge is 0.433 e. The van der Waals surface area contributed by atoms with Gasteiger partial charge in [0.1, 0.15) is 11.5 Å². The Labute approximate surface area is 218 Å². The van der Waals surface area contributed by atoms with Crippen molar-refractivity contribution in [3.05, 3.63) is 77.0 Å². The van der Waals surface area contributed by atoms with Crippen LogP contribution in [-0.2, 0) is 28.2 Å². The Hall–Kier alpha value is -3.84. The topological polar surface area (TPSA) is 102 Å². The molecule has 0 saturated carbocycles. The fraction of sp³-hybridized carbons (Fsp3) is 0.280. The van der Waals surface area contributed by atoms with Crippen LogP contribution < -0.4 is 20.7 Å². The van der Waals surface area contributed by atoms with E-state index in [9.17, 15) is 21.6 Å². The van der Waals surface area contributed by atoms with Crippen molar-refractivity contribution in [2.75, 3.05) is 16.7 Å². The number of alkyl halides is 3. The maximum Gasteiger partial charge on any atom is 0.433 e. The van der Waals surface area contributed by atoms with Crippen molar-refractivity contribution in [3.8, 4) is 0 Å². The van der Waals surface area contributed by atoms with E-state index < -0.39 is 21.9 Å². The van der Waals surface area contributed by atoms with Crippen LogP contribution in [0.15, 0.2) is 64.6 Å².